The number of rotatable bonds is 12. The van der Waals surface area contributed by atoms with Crippen LogP contribution >= 0.6 is 23.4 Å². The fraction of sp³-hybridized carbons (Fsp3) is 0.258. The maximum atomic E-state index is 13.0. The van der Waals surface area contributed by atoms with Gasteiger partial charge in [-0.2, -0.15) is 0 Å². The van der Waals surface area contributed by atoms with Gasteiger partial charge < -0.3 is 19.3 Å². The Morgan fingerprint density at radius 3 is 2.25 bits per heavy atom. The standard InChI is InChI=1S/C31H33ClN4O3S/c1-35(17-16-22-12-15-26(38-3)27(18-22)39-4)30(37)25-13-10-24(11-14-25)21-40-31-33-28(32)19-29(34-31)36(2)20-23-8-6-5-7-9-23/h5-15,18-19H,16-17,20-21H2,1-4H3. The first-order valence-electron chi connectivity index (χ1n) is 12.8. The number of nitrogens with zero attached hydrogens (tertiary/aromatic N) is 4. The summed E-state index contributed by atoms with van der Waals surface area (Å²) in [6.07, 6.45) is 0.708. The smallest absolute Gasteiger partial charge is 0.253 e. The number of likely N-dealkylation sites (N-methyl/N-ethyl adjacent to an activating group) is 1. The van der Waals surface area contributed by atoms with Crippen molar-refractivity contribution in [2.24, 2.45) is 0 Å². The molecule has 9 heteroatoms. The van der Waals surface area contributed by atoms with Crippen LogP contribution in [0.2, 0.25) is 5.15 Å². The van der Waals surface area contributed by atoms with Crippen LogP contribution in [0.5, 0.6) is 11.5 Å². The van der Waals surface area contributed by atoms with Crippen molar-refractivity contribution in [3.8, 4) is 11.5 Å². The number of methoxy groups -OCH3 is 2. The summed E-state index contributed by atoms with van der Waals surface area (Å²) < 4.78 is 10.7. The number of aromatic nitrogens is 2. The molecule has 7 nitrogen and oxygen atoms in total. The van der Waals surface area contributed by atoms with E-state index >= 15 is 0 Å². The molecule has 0 saturated carbocycles. The van der Waals surface area contributed by atoms with Gasteiger partial charge in [-0.15, -0.1) is 0 Å². The minimum Gasteiger partial charge on any atom is -0.493 e. The maximum absolute atomic E-state index is 13.0. The van der Waals surface area contributed by atoms with E-state index in [4.69, 9.17) is 26.1 Å². The minimum atomic E-state index is -0.0241. The third-order valence-corrected chi connectivity index (χ3v) is 7.53. The number of carbonyl (C=O) groups excluding carboxylic acids is 1. The van der Waals surface area contributed by atoms with Crippen molar-refractivity contribution in [1.82, 2.24) is 14.9 Å². The van der Waals surface area contributed by atoms with Gasteiger partial charge in [0.15, 0.2) is 16.7 Å². The number of halogens is 1. The van der Waals surface area contributed by atoms with Crippen LogP contribution in [-0.4, -0.2) is 55.6 Å². The fourth-order valence-electron chi connectivity index (χ4n) is 4.13. The molecule has 0 spiro atoms. The van der Waals surface area contributed by atoms with Gasteiger partial charge in [0, 0.05) is 44.6 Å². The summed E-state index contributed by atoms with van der Waals surface area (Å²) in [6.45, 7) is 1.30. The van der Waals surface area contributed by atoms with Crippen LogP contribution in [0.25, 0.3) is 0 Å². The highest BCUT2D eigenvalue weighted by molar-refractivity contribution is 7.98. The molecule has 0 fully saturated rings. The number of hydrogen-bond donors (Lipinski definition) is 0. The van der Waals surface area contributed by atoms with Gasteiger partial charge in [-0.1, -0.05) is 71.9 Å². The summed E-state index contributed by atoms with van der Waals surface area (Å²) >= 11 is 7.82. The second-order valence-corrected chi connectivity index (χ2v) is 10.7. The first-order chi connectivity index (χ1) is 19.4. The molecule has 0 atom stereocenters. The molecule has 0 bridgehead atoms. The van der Waals surface area contributed by atoms with E-state index in [0.29, 0.717) is 46.1 Å². The average Bonchev–Trinajstić information content (AvgIpc) is 2.98. The van der Waals surface area contributed by atoms with Crippen molar-refractivity contribution < 1.29 is 14.3 Å². The number of ether oxygens (including phenoxy) is 2. The van der Waals surface area contributed by atoms with E-state index in [2.05, 4.69) is 22.0 Å². The summed E-state index contributed by atoms with van der Waals surface area (Å²) in [6, 6.07) is 25.5. The normalized spacial score (nSPS) is 10.7. The van der Waals surface area contributed by atoms with Crippen molar-refractivity contribution >= 4 is 35.1 Å². The third-order valence-electron chi connectivity index (χ3n) is 6.41. The van der Waals surface area contributed by atoms with E-state index in [9.17, 15) is 4.79 Å². The predicted molar refractivity (Wildman–Crippen MR) is 162 cm³/mol. The highest BCUT2D eigenvalue weighted by Gasteiger charge is 2.14. The second-order valence-electron chi connectivity index (χ2n) is 9.32. The van der Waals surface area contributed by atoms with Gasteiger partial charge in [-0.3, -0.25) is 4.79 Å². The molecule has 3 aromatic carbocycles. The van der Waals surface area contributed by atoms with Crippen LogP contribution in [0.1, 0.15) is 27.0 Å². The molecule has 0 aliphatic rings. The van der Waals surface area contributed by atoms with Gasteiger partial charge in [0.1, 0.15) is 11.0 Å². The Balaban J connectivity index is 1.31. The van der Waals surface area contributed by atoms with Crippen LogP contribution in [0.4, 0.5) is 5.82 Å². The van der Waals surface area contributed by atoms with Gasteiger partial charge in [-0.25, -0.2) is 9.97 Å². The molecule has 0 radical (unpaired) electrons. The number of carbonyl (C=O) groups is 1. The number of hydrogen-bond acceptors (Lipinski definition) is 7. The monoisotopic (exact) mass is 576 g/mol. The van der Waals surface area contributed by atoms with E-state index in [1.54, 1.807) is 25.2 Å². The first-order valence-corrected chi connectivity index (χ1v) is 14.2. The summed E-state index contributed by atoms with van der Waals surface area (Å²) in [7, 11) is 7.03. The van der Waals surface area contributed by atoms with Gasteiger partial charge in [-0.05, 0) is 47.4 Å². The lowest BCUT2D eigenvalue weighted by molar-refractivity contribution is 0.0796. The van der Waals surface area contributed by atoms with E-state index in [-0.39, 0.29) is 5.91 Å². The highest BCUT2D eigenvalue weighted by atomic mass is 35.5. The molecular formula is C31H33ClN4O3S. The third kappa shape index (κ3) is 7.90. The van der Waals surface area contributed by atoms with Crippen molar-refractivity contribution in [2.45, 2.75) is 23.9 Å². The zero-order chi connectivity index (χ0) is 28.5. The summed E-state index contributed by atoms with van der Waals surface area (Å²) in [5.41, 5.74) is 3.97. The van der Waals surface area contributed by atoms with Gasteiger partial charge in [0.05, 0.1) is 14.2 Å². The molecule has 4 rings (SSSR count). The fourth-order valence-corrected chi connectivity index (χ4v) is 5.17. The lowest BCUT2D eigenvalue weighted by atomic mass is 10.1. The molecule has 0 unspecified atom stereocenters. The number of anilines is 1. The first kappa shape index (κ1) is 29.2. The van der Waals surface area contributed by atoms with Crippen molar-refractivity contribution in [2.75, 3.05) is 39.8 Å². The van der Waals surface area contributed by atoms with Gasteiger partial charge in [0.25, 0.3) is 5.91 Å². The zero-order valence-electron chi connectivity index (χ0n) is 23.1. The quantitative estimate of drug-likeness (QED) is 0.110. The molecule has 1 amide bonds. The number of amides is 1. The van der Waals surface area contributed by atoms with Crippen LogP contribution in [-0.2, 0) is 18.7 Å². The van der Waals surface area contributed by atoms with E-state index in [0.717, 1.165) is 23.5 Å². The van der Waals surface area contributed by atoms with Crippen LogP contribution in [0.15, 0.2) is 84.0 Å². The number of thioether (sulfide) groups is 1. The Labute approximate surface area is 245 Å². The molecule has 0 aliphatic heterocycles. The molecule has 0 saturated heterocycles. The second kappa shape index (κ2) is 14.1. The molecule has 4 aromatic rings. The Kier molecular flexibility index (Phi) is 10.3. The van der Waals surface area contributed by atoms with E-state index in [1.165, 1.54) is 17.3 Å². The summed E-state index contributed by atoms with van der Waals surface area (Å²) in [4.78, 5) is 25.9. The SMILES string of the molecule is COc1ccc(CCN(C)C(=O)c2ccc(CSc3nc(Cl)cc(N(C)Cc4ccccc4)n3)cc2)cc1OC. The van der Waals surface area contributed by atoms with Crippen LogP contribution in [0.3, 0.4) is 0 Å². The lowest BCUT2D eigenvalue weighted by Gasteiger charge is -2.19. The van der Waals surface area contributed by atoms with Gasteiger partial charge >= 0.3 is 0 Å². The van der Waals surface area contributed by atoms with Crippen molar-refractivity contribution in [3.05, 3.63) is 106 Å². The molecule has 1 aromatic heterocycles. The Bertz CT molecular complexity index is 1420. The number of benzene rings is 3. The van der Waals surface area contributed by atoms with Crippen LogP contribution < -0.4 is 14.4 Å². The van der Waals surface area contributed by atoms with E-state index in [1.807, 2.05) is 74.8 Å². The highest BCUT2D eigenvalue weighted by Crippen LogP contribution is 2.28. The molecule has 208 valence electrons. The maximum Gasteiger partial charge on any atom is 0.253 e. The van der Waals surface area contributed by atoms with Gasteiger partial charge in [0.2, 0.25) is 0 Å². The minimum absolute atomic E-state index is 0.0241. The topological polar surface area (TPSA) is 67.8 Å². The molecule has 40 heavy (non-hydrogen) atoms. The molecular weight excluding hydrogens is 544 g/mol. The molecule has 1 heterocycles. The van der Waals surface area contributed by atoms with E-state index < -0.39 is 0 Å². The molecule has 0 N–H and O–H groups in total. The lowest BCUT2D eigenvalue weighted by Crippen LogP contribution is -2.28. The average molecular weight is 577 g/mol. The van der Waals surface area contributed by atoms with Crippen LogP contribution in [0, 0.1) is 0 Å². The molecule has 0 aliphatic carbocycles. The Morgan fingerprint density at radius 1 is 0.850 bits per heavy atom. The Hall–Kier alpha value is -3.75. The Morgan fingerprint density at radius 2 is 1.55 bits per heavy atom. The van der Waals surface area contributed by atoms with Crippen molar-refractivity contribution in [1.29, 1.82) is 0 Å². The van der Waals surface area contributed by atoms with Crippen molar-refractivity contribution in [3.63, 3.8) is 0 Å². The predicted octanol–water partition coefficient (Wildman–Crippen LogP) is 6.39. The summed E-state index contributed by atoms with van der Waals surface area (Å²) in [5.74, 6) is 2.77. The zero-order valence-corrected chi connectivity index (χ0v) is 24.7. The summed E-state index contributed by atoms with van der Waals surface area (Å²) in [5, 5.41) is 1.02. The largest absolute Gasteiger partial charge is 0.493 e.